The standard InChI is InChI=1S/C14H14F3N3OS/c15-14(16,17)11-8-12(21)20-13(19-11)18-6-7-22-9-10-4-2-1-3-5-10/h1-5,8H,6-7,9H2,(H2,18,19,20,21). The zero-order chi connectivity index (χ0) is 16.0. The Morgan fingerprint density at radius 1 is 1.23 bits per heavy atom. The smallest absolute Gasteiger partial charge is 0.355 e. The Kier molecular flexibility index (Phi) is 5.48. The summed E-state index contributed by atoms with van der Waals surface area (Å²) in [4.78, 5) is 16.8. The van der Waals surface area contributed by atoms with Crippen molar-refractivity contribution in [2.75, 3.05) is 17.6 Å². The molecule has 0 saturated heterocycles. The molecule has 2 N–H and O–H groups in total. The minimum absolute atomic E-state index is 0.167. The molecule has 0 radical (unpaired) electrons. The van der Waals surface area contributed by atoms with Gasteiger partial charge in [-0.3, -0.25) is 9.78 Å². The van der Waals surface area contributed by atoms with E-state index in [1.807, 2.05) is 30.3 Å². The molecule has 2 aromatic rings. The van der Waals surface area contributed by atoms with Crippen LogP contribution in [0.3, 0.4) is 0 Å². The van der Waals surface area contributed by atoms with Crippen molar-refractivity contribution in [1.29, 1.82) is 0 Å². The topological polar surface area (TPSA) is 57.8 Å². The van der Waals surface area contributed by atoms with E-state index in [9.17, 15) is 18.0 Å². The van der Waals surface area contributed by atoms with Crippen molar-refractivity contribution in [2.24, 2.45) is 0 Å². The van der Waals surface area contributed by atoms with Gasteiger partial charge in [-0.25, -0.2) is 4.98 Å². The normalized spacial score (nSPS) is 11.4. The van der Waals surface area contributed by atoms with E-state index in [1.165, 1.54) is 5.56 Å². The summed E-state index contributed by atoms with van der Waals surface area (Å²) in [6.45, 7) is 0.405. The summed E-state index contributed by atoms with van der Waals surface area (Å²) in [5, 5.41) is 2.70. The Morgan fingerprint density at radius 2 is 1.95 bits per heavy atom. The van der Waals surface area contributed by atoms with Gasteiger partial charge in [-0.2, -0.15) is 24.9 Å². The van der Waals surface area contributed by atoms with Crippen molar-refractivity contribution in [3.8, 4) is 0 Å². The van der Waals surface area contributed by atoms with Crippen molar-refractivity contribution >= 4 is 17.7 Å². The van der Waals surface area contributed by atoms with Crippen LogP contribution in [0.25, 0.3) is 0 Å². The fraction of sp³-hybridized carbons (Fsp3) is 0.286. The summed E-state index contributed by atoms with van der Waals surface area (Å²) in [6, 6.07) is 10.3. The predicted molar refractivity (Wildman–Crippen MR) is 81.0 cm³/mol. The van der Waals surface area contributed by atoms with Crippen LogP contribution in [0.5, 0.6) is 0 Å². The highest BCUT2D eigenvalue weighted by molar-refractivity contribution is 7.98. The number of H-pyrrole nitrogens is 1. The minimum Gasteiger partial charge on any atom is -0.355 e. The molecule has 0 bridgehead atoms. The fourth-order valence-electron chi connectivity index (χ4n) is 1.69. The first kappa shape index (κ1) is 16.4. The first-order valence-electron chi connectivity index (χ1n) is 6.49. The SMILES string of the molecule is O=c1cc(C(F)(F)F)nc(NCCSCc2ccccc2)[nH]1. The summed E-state index contributed by atoms with van der Waals surface area (Å²) in [5.74, 6) is 1.32. The van der Waals surface area contributed by atoms with Gasteiger partial charge < -0.3 is 5.32 Å². The van der Waals surface area contributed by atoms with Crippen LogP contribution >= 0.6 is 11.8 Å². The molecule has 0 unspecified atom stereocenters. The van der Waals surface area contributed by atoms with Gasteiger partial charge in [-0.15, -0.1) is 0 Å². The van der Waals surface area contributed by atoms with E-state index < -0.39 is 17.4 Å². The largest absolute Gasteiger partial charge is 0.433 e. The van der Waals surface area contributed by atoms with Crippen LogP contribution in [0.4, 0.5) is 19.1 Å². The Morgan fingerprint density at radius 3 is 2.64 bits per heavy atom. The van der Waals surface area contributed by atoms with Gasteiger partial charge in [-0.05, 0) is 5.56 Å². The Balaban J connectivity index is 1.82. The number of hydrogen-bond donors (Lipinski definition) is 2. The second-order valence-corrected chi connectivity index (χ2v) is 5.55. The molecule has 4 nitrogen and oxygen atoms in total. The first-order valence-corrected chi connectivity index (χ1v) is 7.65. The van der Waals surface area contributed by atoms with Gasteiger partial charge in [0.05, 0.1) is 0 Å². The van der Waals surface area contributed by atoms with Crippen molar-refractivity contribution in [2.45, 2.75) is 11.9 Å². The van der Waals surface area contributed by atoms with Crippen LogP contribution < -0.4 is 10.9 Å². The molecular formula is C14H14F3N3OS. The number of aromatic nitrogens is 2. The summed E-state index contributed by atoms with van der Waals surface area (Å²) < 4.78 is 37.6. The molecule has 0 aliphatic heterocycles. The Bertz CT molecular complexity index is 658. The van der Waals surface area contributed by atoms with Gasteiger partial charge in [0.2, 0.25) is 5.95 Å². The van der Waals surface area contributed by atoms with E-state index in [0.717, 1.165) is 5.75 Å². The van der Waals surface area contributed by atoms with Crippen LogP contribution in [0.15, 0.2) is 41.2 Å². The molecule has 0 amide bonds. The fourth-order valence-corrected chi connectivity index (χ4v) is 2.51. The van der Waals surface area contributed by atoms with Crippen LogP contribution in [0, 0.1) is 0 Å². The van der Waals surface area contributed by atoms with Crippen LogP contribution in [0.1, 0.15) is 11.3 Å². The second kappa shape index (κ2) is 7.35. The predicted octanol–water partition coefficient (Wildman–Crippen LogP) is 3.13. The quantitative estimate of drug-likeness (QED) is 0.800. The zero-order valence-corrected chi connectivity index (χ0v) is 12.3. The molecule has 0 aliphatic carbocycles. The van der Waals surface area contributed by atoms with Crippen molar-refractivity contribution in [1.82, 2.24) is 9.97 Å². The summed E-state index contributed by atoms with van der Waals surface area (Å²) in [7, 11) is 0. The monoisotopic (exact) mass is 329 g/mol. The second-order valence-electron chi connectivity index (χ2n) is 4.44. The van der Waals surface area contributed by atoms with Gasteiger partial charge >= 0.3 is 6.18 Å². The highest BCUT2D eigenvalue weighted by Gasteiger charge is 2.33. The van der Waals surface area contributed by atoms with Crippen LogP contribution in [-0.2, 0) is 11.9 Å². The highest BCUT2D eigenvalue weighted by atomic mass is 32.2. The number of hydrogen-bond acceptors (Lipinski definition) is 4. The van der Waals surface area contributed by atoms with Crippen molar-refractivity contribution < 1.29 is 13.2 Å². The van der Waals surface area contributed by atoms with Gasteiger partial charge in [0.25, 0.3) is 5.56 Å². The van der Waals surface area contributed by atoms with Crippen LogP contribution in [0.2, 0.25) is 0 Å². The lowest BCUT2D eigenvalue weighted by Crippen LogP contribution is -2.19. The Hall–Kier alpha value is -1.96. The lowest BCUT2D eigenvalue weighted by molar-refractivity contribution is -0.141. The molecule has 118 valence electrons. The molecule has 0 atom stereocenters. The molecule has 0 saturated carbocycles. The highest BCUT2D eigenvalue weighted by Crippen LogP contribution is 2.26. The maximum absolute atomic E-state index is 12.5. The number of thioether (sulfide) groups is 1. The third kappa shape index (κ3) is 5.10. The molecule has 1 aromatic carbocycles. The molecule has 0 fully saturated rings. The number of alkyl halides is 3. The van der Waals surface area contributed by atoms with E-state index in [4.69, 9.17) is 0 Å². The number of benzene rings is 1. The lowest BCUT2D eigenvalue weighted by atomic mass is 10.2. The maximum Gasteiger partial charge on any atom is 0.433 e. The summed E-state index contributed by atoms with van der Waals surface area (Å²) >= 11 is 1.64. The van der Waals surface area contributed by atoms with E-state index in [2.05, 4.69) is 15.3 Å². The maximum atomic E-state index is 12.5. The van der Waals surface area contributed by atoms with E-state index >= 15 is 0 Å². The first-order chi connectivity index (χ1) is 10.4. The number of nitrogens with one attached hydrogen (secondary N) is 2. The van der Waals surface area contributed by atoms with E-state index in [-0.39, 0.29) is 5.95 Å². The van der Waals surface area contributed by atoms with Crippen LogP contribution in [-0.4, -0.2) is 22.3 Å². The third-order valence-electron chi connectivity index (χ3n) is 2.68. The summed E-state index contributed by atoms with van der Waals surface area (Å²) in [5.41, 5.74) is -0.851. The number of aromatic amines is 1. The zero-order valence-electron chi connectivity index (χ0n) is 11.5. The average Bonchev–Trinajstić information content (AvgIpc) is 2.46. The number of rotatable bonds is 6. The van der Waals surface area contributed by atoms with Gasteiger partial charge in [0.1, 0.15) is 0 Å². The van der Waals surface area contributed by atoms with Gasteiger partial charge in [0, 0.05) is 24.1 Å². The molecule has 8 heteroatoms. The van der Waals surface area contributed by atoms with Gasteiger partial charge in [-0.1, -0.05) is 30.3 Å². The molecule has 22 heavy (non-hydrogen) atoms. The average molecular weight is 329 g/mol. The molecule has 0 spiro atoms. The molecule has 1 heterocycles. The van der Waals surface area contributed by atoms with E-state index in [0.29, 0.717) is 18.4 Å². The van der Waals surface area contributed by atoms with E-state index in [1.54, 1.807) is 11.8 Å². The third-order valence-corrected chi connectivity index (χ3v) is 3.71. The molecule has 2 rings (SSSR count). The molecular weight excluding hydrogens is 315 g/mol. The summed E-state index contributed by atoms with van der Waals surface area (Å²) in [6.07, 6.45) is -4.63. The molecule has 1 aromatic heterocycles. The van der Waals surface area contributed by atoms with Crippen molar-refractivity contribution in [3.05, 3.63) is 58.0 Å². The van der Waals surface area contributed by atoms with Crippen molar-refractivity contribution in [3.63, 3.8) is 0 Å². The number of nitrogens with zero attached hydrogens (tertiary/aromatic N) is 1. The van der Waals surface area contributed by atoms with Gasteiger partial charge in [0.15, 0.2) is 5.69 Å². The molecule has 0 aliphatic rings. The number of anilines is 1. The Labute approximate surface area is 129 Å². The lowest BCUT2D eigenvalue weighted by Gasteiger charge is -2.09. The minimum atomic E-state index is -4.63. The number of halogens is 3.